The summed E-state index contributed by atoms with van der Waals surface area (Å²) in [5.74, 6) is 7.37. The number of nitrogens with zero attached hydrogens (tertiary/aromatic N) is 2. The summed E-state index contributed by atoms with van der Waals surface area (Å²) < 4.78 is 4.95. The molecule has 0 spiro atoms. The Kier molecular flexibility index (Phi) is 5.82. The van der Waals surface area contributed by atoms with Crippen LogP contribution in [0.15, 0.2) is 4.99 Å². The third-order valence-electron chi connectivity index (χ3n) is 2.23. The van der Waals surface area contributed by atoms with Gasteiger partial charge in [-0.2, -0.15) is 11.8 Å². The van der Waals surface area contributed by atoms with E-state index in [2.05, 4.69) is 22.2 Å². The van der Waals surface area contributed by atoms with Gasteiger partial charge >= 0.3 is 0 Å². The number of ether oxygens (including phenoxy) is 1. The molecule has 5 nitrogen and oxygen atoms in total. The van der Waals surface area contributed by atoms with Gasteiger partial charge in [-0.05, 0) is 0 Å². The number of hydrazine groups is 1. The number of hydrogen-bond donors (Lipinski definition) is 2. The monoisotopic (exact) mass is 232 g/mol. The lowest BCUT2D eigenvalue weighted by Gasteiger charge is -2.32. The average Bonchev–Trinajstić information content (AvgIpc) is 2.24. The van der Waals surface area contributed by atoms with Crippen molar-refractivity contribution in [2.24, 2.45) is 10.8 Å². The molecule has 6 heteroatoms. The number of rotatable bonds is 3. The molecular weight excluding hydrogens is 212 g/mol. The Morgan fingerprint density at radius 1 is 1.73 bits per heavy atom. The first kappa shape index (κ1) is 12.6. The summed E-state index contributed by atoms with van der Waals surface area (Å²) in [6, 6.07) is 0. The smallest absolute Gasteiger partial charge is 0.208 e. The molecule has 1 atom stereocenters. The van der Waals surface area contributed by atoms with Gasteiger partial charge in [-0.3, -0.25) is 5.43 Å². The fraction of sp³-hybridized carbons (Fsp3) is 0.889. The summed E-state index contributed by atoms with van der Waals surface area (Å²) >= 11 is 1.99. The van der Waals surface area contributed by atoms with Crippen molar-refractivity contribution in [3.63, 3.8) is 0 Å². The van der Waals surface area contributed by atoms with Gasteiger partial charge < -0.3 is 9.64 Å². The van der Waals surface area contributed by atoms with E-state index in [1.807, 2.05) is 11.8 Å². The highest BCUT2D eigenvalue weighted by Crippen LogP contribution is 2.17. The van der Waals surface area contributed by atoms with Crippen LogP contribution in [0.4, 0.5) is 0 Å². The highest BCUT2D eigenvalue weighted by atomic mass is 32.2. The molecule has 15 heavy (non-hydrogen) atoms. The van der Waals surface area contributed by atoms with Gasteiger partial charge in [0, 0.05) is 31.2 Å². The second kappa shape index (κ2) is 6.92. The van der Waals surface area contributed by atoms with Crippen LogP contribution < -0.4 is 11.3 Å². The molecule has 1 saturated heterocycles. The number of methoxy groups -OCH3 is 1. The normalized spacial score (nSPS) is 23.0. The number of aliphatic imine (C=N–C) groups is 1. The van der Waals surface area contributed by atoms with E-state index in [1.165, 1.54) is 0 Å². The van der Waals surface area contributed by atoms with Gasteiger partial charge in [0.15, 0.2) is 0 Å². The molecule has 0 aromatic heterocycles. The molecule has 1 heterocycles. The molecule has 0 bridgehead atoms. The lowest BCUT2D eigenvalue weighted by atomic mass is 10.4. The van der Waals surface area contributed by atoms with E-state index >= 15 is 0 Å². The van der Waals surface area contributed by atoms with Crippen molar-refractivity contribution < 1.29 is 4.74 Å². The van der Waals surface area contributed by atoms with Gasteiger partial charge in [-0.1, -0.05) is 6.92 Å². The maximum atomic E-state index is 5.46. The molecule has 88 valence electrons. The van der Waals surface area contributed by atoms with Crippen molar-refractivity contribution >= 4 is 17.7 Å². The van der Waals surface area contributed by atoms with Crippen molar-refractivity contribution in [3.05, 3.63) is 0 Å². The maximum Gasteiger partial charge on any atom is 0.208 e. The SMILES string of the molecule is COCCN=C(NN)N1CCSC(C)C1. The lowest BCUT2D eigenvalue weighted by molar-refractivity contribution is 0.207. The summed E-state index contributed by atoms with van der Waals surface area (Å²) in [5.41, 5.74) is 2.66. The van der Waals surface area contributed by atoms with E-state index in [4.69, 9.17) is 10.6 Å². The molecule has 1 unspecified atom stereocenters. The number of nitrogens with two attached hydrogens (primary N) is 1. The van der Waals surface area contributed by atoms with Crippen LogP contribution in [0.2, 0.25) is 0 Å². The maximum absolute atomic E-state index is 5.46. The first-order valence-electron chi connectivity index (χ1n) is 5.14. The second-order valence-corrected chi connectivity index (χ2v) is 5.02. The molecular formula is C9H20N4OS. The summed E-state index contributed by atoms with van der Waals surface area (Å²) in [4.78, 5) is 6.55. The van der Waals surface area contributed by atoms with Gasteiger partial charge in [0.1, 0.15) is 0 Å². The minimum Gasteiger partial charge on any atom is -0.383 e. The second-order valence-electron chi connectivity index (χ2n) is 3.47. The van der Waals surface area contributed by atoms with Crippen LogP contribution in [-0.2, 0) is 4.74 Å². The van der Waals surface area contributed by atoms with Crippen LogP contribution in [0.1, 0.15) is 6.92 Å². The molecule has 1 fully saturated rings. The van der Waals surface area contributed by atoms with Crippen molar-refractivity contribution in [3.8, 4) is 0 Å². The van der Waals surface area contributed by atoms with Crippen LogP contribution in [0.25, 0.3) is 0 Å². The molecule has 1 rings (SSSR count). The van der Waals surface area contributed by atoms with Gasteiger partial charge in [-0.25, -0.2) is 10.8 Å². The Morgan fingerprint density at radius 2 is 2.53 bits per heavy atom. The zero-order valence-corrected chi connectivity index (χ0v) is 10.2. The predicted octanol–water partition coefficient (Wildman–Crippen LogP) is -0.111. The summed E-state index contributed by atoms with van der Waals surface area (Å²) in [6.07, 6.45) is 0. The molecule has 3 N–H and O–H groups in total. The van der Waals surface area contributed by atoms with E-state index in [0.29, 0.717) is 18.4 Å². The van der Waals surface area contributed by atoms with Crippen molar-refractivity contribution in [2.45, 2.75) is 12.2 Å². The van der Waals surface area contributed by atoms with Crippen molar-refractivity contribution in [1.29, 1.82) is 0 Å². The van der Waals surface area contributed by atoms with Gasteiger partial charge in [-0.15, -0.1) is 0 Å². The zero-order chi connectivity index (χ0) is 11.1. The van der Waals surface area contributed by atoms with Crippen LogP contribution in [0.3, 0.4) is 0 Å². The third-order valence-corrected chi connectivity index (χ3v) is 3.36. The Bertz CT molecular complexity index is 212. The number of nitrogens with one attached hydrogen (secondary N) is 1. The Hall–Kier alpha value is -0.460. The molecule has 0 radical (unpaired) electrons. The van der Waals surface area contributed by atoms with E-state index in [-0.39, 0.29) is 0 Å². The Labute approximate surface area is 95.4 Å². The van der Waals surface area contributed by atoms with Gasteiger partial charge in [0.2, 0.25) is 5.96 Å². The Balaban J connectivity index is 2.45. The molecule has 0 aromatic rings. The minimum absolute atomic E-state index is 0.628. The van der Waals surface area contributed by atoms with Crippen molar-refractivity contribution in [2.75, 3.05) is 39.1 Å². The zero-order valence-electron chi connectivity index (χ0n) is 9.40. The van der Waals surface area contributed by atoms with E-state index < -0.39 is 0 Å². The Morgan fingerprint density at radius 3 is 3.13 bits per heavy atom. The van der Waals surface area contributed by atoms with Crippen molar-refractivity contribution in [1.82, 2.24) is 10.3 Å². The number of hydrogen-bond acceptors (Lipinski definition) is 4. The quantitative estimate of drug-likeness (QED) is 0.234. The predicted molar refractivity (Wildman–Crippen MR) is 65.0 cm³/mol. The average molecular weight is 232 g/mol. The first-order valence-corrected chi connectivity index (χ1v) is 6.19. The summed E-state index contributed by atoms with van der Waals surface area (Å²) in [7, 11) is 1.67. The fourth-order valence-electron chi connectivity index (χ4n) is 1.49. The van der Waals surface area contributed by atoms with Gasteiger partial charge in [0.25, 0.3) is 0 Å². The number of thioether (sulfide) groups is 1. The van der Waals surface area contributed by atoms with Crippen LogP contribution in [-0.4, -0.2) is 55.2 Å². The van der Waals surface area contributed by atoms with Crippen LogP contribution >= 0.6 is 11.8 Å². The highest BCUT2D eigenvalue weighted by molar-refractivity contribution is 7.99. The standard InChI is InChI=1S/C9H20N4OS/c1-8-7-13(4-6-15-8)9(12-10)11-3-5-14-2/h8H,3-7,10H2,1-2H3,(H,11,12). The molecule has 0 amide bonds. The third kappa shape index (κ3) is 4.27. The molecule has 0 saturated carbocycles. The molecule has 0 aliphatic carbocycles. The molecule has 1 aliphatic rings. The fourth-order valence-corrected chi connectivity index (χ4v) is 2.50. The largest absolute Gasteiger partial charge is 0.383 e. The molecule has 0 aromatic carbocycles. The minimum atomic E-state index is 0.628. The first-order chi connectivity index (χ1) is 7.27. The van der Waals surface area contributed by atoms with Crippen LogP contribution in [0.5, 0.6) is 0 Å². The van der Waals surface area contributed by atoms with Crippen LogP contribution in [0, 0.1) is 0 Å². The van der Waals surface area contributed by atoms with E-state index in [0.717, 1.165) is 24.8 Å². The number of guanidine groups is 1. The van der Waals surface area contributed by atoms with E-state index in [1.54, 1.807) is 7.11 Å². The summed E-state index contributed by atoms with van der Waals surface area (Å²) in [6.45, 7) is 5.50. The van der Waals surface area contributed by atoms with E-state index in [9.17, 15) is 0 Å². The van der Waals surface area contributed by atoms with Gasteiger partial charge in [0.05, 0.1) is 13.2 Å². The topological polar surface area (TPSA) is 62.9 Å². The summed E-state index contributed by atoms with van der Waals surface area (Å²) in [5, 5.41) is 0.639. The lowest BCUT2D eigenvalue weighted by Crippen LogP contribution is -2.49. The highest BCUT2D eigenvalue weighted by Gasteiger charge is 2.18. The molecule has 1 aliphatic heterocycles.